The molecule has 0 spiro atoms. The van der Waals surface area contributed by atoms with Crippen LogP contribution in [-0.4, -0.2) is 48.7 Å². The second kappa shape index (κ2) is 6.34. The molecular formula is C14H19ClN2O3S. The second-order valence-corrected chi connectivity index (χ2v) is 7.47. The predicted molar refractivity (Wildman–Crippen MR) is 81.4 cm³/mol. The standard InChI is InChI=1S/C14H19ClN2O3S/c1-11(2)14-16(13(18)10-15)8-9-17(14)21(19,20)12-6-4-3-5-7-12/h3-7,11,14H,8-10H2,1-2H3. The van der Waals surface area contributed by atoms with Crippen LogP contribution in [0.1, 0.15) is 13.8 Å². The van der Waals surface area contributed by atoms with Crippen molar-refractivity contribution in [2.75, 3.05) is 19.0 Å². The van der Waals surface area contributed by atoms with Crippen molar-refractivity contribution in [2.24, 2.45) is 5.92 Å². The molecular weight excluding hydrogens is 312 g/mol. The Bertz CT molecular complexity index is 604. The van der Waals surface area contributed by atoms with E-state index in [0.29, 0.717) is 13.1 Å². The lowest BCUT2D eigenvalue weighted by atomic mass is 10.1. The molecule has 0 aliphatic carbocycles. The molecule has 1 aromatic rings. The number of halogens is 1. The predicted octanol–water partition coefficient (Wildman–Crippen LogP) is 1.74. The summed E-state index contributed by atoms with van der Waals surface area (Å²) in [5.41, 5.74) is 0. The lowest BCUT2D eigenvalue weighted by molar-refractivity contribution is -0.131. The third-order valence-corrected chi connectivity index (χ3v) is 5.67. The Morgan fingerprint density at radius 1 is 1.29 bits per heavy atom. The Morgan fingerprint density at radius 3 is 2.43 bits per heavy atom. The highest BCUT2D eigenvalue weighted by atomic mass is 35.5. The van der Waals surface area contributed by atoms with E-state index in [-0.39, 0.29) is 22.6 Å². The van der Waals surface area contributed by atoms with Crippen LogP contribution in [-0.2, 0) is 14.8 Å². The summed E-state index contributed by atoms with van der Waals surface area (Å²) < 4.78 is 26.9. The van der Waals surface area contributed by atoms with Gasteiger partial charge in [-0.1, -0.05) is 32.0 Å². The van der Waals surface area contributed by atoms with E-state index in [1.807, 2.05) is 13.8 Å². The third-order valence-electron chi connectivity index (χ3n) is 3.56. The summed E-state index contributed by atoms with van der Waals surface area (Å²) in [7, 11) is -3.61. The summed E-state index contributed by atoms with van der Waals surface area (Å²) in [5.74, 6) is -0.387. The fourth-order valence-corrected chi connectivity index (χ4v) is 4.55. The summed E-state index contributed by atoms with van der Waals surface area (Å²) >= 11 is 5.62. The van der Waals surface area contributed by atoms with E-state index < -0.39 is 16.2 Å². The van der Waals surface area contributed by atoms with Crippen LogP contribution in [0.15, 0.2) is 35.2 Å². The van der Waals surface area contributed by atoms with Crippen LogP contribution in [0.2, 0.25) is 0 Å². The molecule has 1 fully saturated rings. The van der Waals surface area contributed by atoms with Gasteiger partial charge in [0.1, 0.15) is 12.0 Å². The molecule has 2 rings (SSSR count). The highest BCUT2D eigenvalue weighted by Crippen LogP contribution is 2.28. The van der Waals surface area contributed by atoms with Crippen molar-refractivity contribution < 1.29 is 13.2 Å². The lowest BCUT2D eigenvalue weighted by Gasteiger charge is -2.32. The van der Waals surface area contributed by atoms with Crippen LogP contribution < -0.4 is 0 Å². The van der Waals surface area contributed by atoms with Crippen molar-refractivity contribution in [3.63, 3.8) is 0 Å². The number of amides is 1. The minimum atomic E-state index is -3.61. The molecule has 7 heteroatoms. The Balaban J connectivity index is 2.37. The van der Waals surface area contributed by atoms with Gasteiger partial charge in [-0.25, -0.2) is 8.42 Å². The normalized spacial score (nSPS) is 20.2. The molecule has 0 saturated carbocycles. The first-order valence-corrected chi connectivity index (χ1v) is 8.79. The van der Waals surface area contributed by atoms with E-state index in [4.69, 9.17) is 11.6 Å². The lowest BCUT2D eigenvalue weighted by Crippen LogP contribution is -2.48. The smallest absolute Gasteiger partial charge is 0.244 e. The molecule has 0 bridgehead atoms. The SMILES string of the molecule is CC(C)C1N(C(=O)CCl)CCN1S(=O)(=O)c1ccccc1. The minimum Gasteiger partial charge on any atom is -0.323 e. The summed E-state index contributed by atoms with van der Waals surface area (Å²) in [6, 6.07) is 8.29. The number of hydrogen-bond acceptors (Lipinski definition) is 3. The first kappa shape index (κ1) is 16.3. The molecule has 116 valence electrons. The average molecular weight is 331 g/mol. The van der Waals surface area contributed by atoms with Crippen molar-refractivity contribution in [3.05, 3.63) is 30.3 Å². The molecule has 1 unspecified atom stereocenters. The Labute approximate surface area is 130 Å². The molecule has 21 heavy (non-hydrogen) atoms. The van der Waals surface area contributed by atoms with E-state index in [0.717, 1.165) is 0 Å². The highest BCUT2D eigenvalue weighted by Gasteiger charge is 2.43. The summed E-state index contributed by atoms with van der Waals surface area (Å²) in [4.78, 5) is 13.7. The first-order valence-electron chi connectivity index (χ1n) is 6.82. The number of sulfonamides is 1. The van der Waals surface area contributed by atoms with Gasteiger partial charge in [0.25, 0.3) is 0 Å². The monoisotopic (exact) mass is 330 g/mol. The zero-order valence-corrected chi connectivity index (χ0v) is 13.6. The van der Waals surface area contributed by atoms with Crippen molar-refractivity contribution >= 4 is 27.5 Å². The van der Waals surface area contributed by atoms with Gasteiger partial charge in [-0.2, -0.15) is 4.31 Å². The number of hydrogen-bond donors (Lipinski definition) is 0. The van der Waals surface area contributed by atoms with Crippen molar-refractivity contribution in [3.8, 4) is 0 Å². The third kappa shape index (κ3) is 3.07. The number of rotatable bonds is 4. The molecule has 1 aliphatic rings. The van der Waals surface area contributed by atoms with Crippen LogP contribution in [0.3, 0.4) is 0 Å². The van der Waals surface area contributed by atoms with Crippen LogP contribution in [0.25, 0.3) is 0 Å². The van der Waals surface area contributed by atoms with Gasteiger partial charge in [0.15, 0.2) is 0 Å². The van der Waals surface area contributed by atoms with E-state index in [2.05, 4.69) is 0 Å². The molecule has 1 amide bonds. The van der Waals surface area contributed by atoms with Gasteiger partial charge >= 0.3 is 0 Å². The first-order chi connectivity index (χ1) is 9.89. The summed E-state index contributed by atoms with van der Waals surface area (Å²) in [6.07, 6.45) is -0.485. The zero-order valence-electron chi connectivity index (χ0n) is 12.1. The number of carbonyl (C=O) groups excluding carboxylic acids is 1. The zero-order chi connectivity index (χ0) is 15.6. The van der Waals surface area contributed by atoms with Gasteiger partial charge in [0.2, 0.25) is 15.9 Å². The fraction of sp³-hybridized carbons (Fsp3) is 0.500. The van der Waals surface area contributed by atoms with Crippen LogP contribution in [0, 0.1) is 5.92 Å². The topological polar surface area (TPSA) is 57.7 Å². The maximum absolute atomic E-state index is 12.8. The number of nitrogens with zero attached hydrogens (tertiary/aromatic N) is 2. The Hall–Kier alpha value is -1.11. The van der Waals surface area contributed by atoms with Gasteiger partial charge in [0.05, 0.1) is 4.90 Å². The van der Waals surface area contributed by atoms with Gasteiger partial charge < -0.3 is 4.90 Å². The van der Waals surface area contributed by atoms with Crippen LogP contribution in [0.5, 0.6) is 0 Å². The average Bonchev–Trinajstić information content (AvgIpc) is 2.93. The highest BCUT2D eigenvalue weighted by molar-refractivity contribution is 7.89. The van der Waals surface area contributed by atoms with Gasteiger partial charge in [0, 0.05) is 13.1 Å². The molecule has 1 aromatic carbocycles. The molecule has 5 nitrogen and oxygen atoms in total. The molecule has 1 atom stereocenters. The quantitative estimate of drug-likeness (QED) is 0.790. The van der Waals surface area contributed by atoms with Crippen molar-refractivity contribution in [1.82, 2.24) is 9.21 Å². The fourth-order valence-electron chi connectivity index (χ4n) is 2.66. The van der Waals surface area contributed by atoms with Gasteiger partial charge in [-0.05, 0) is 18.1 Å². The van der Waals surface area contributed by atoms with E-state index in [1.165, 1.54) is 4.31 Å². The van der Waals surface area contributed by atoms with Gasteiger partial charge in [-0.3, -0.25) is 4.79 Å². The Kier molecular flexibility index (Phi) is 4.91. The molecule has 1 aliphatic heterocycles. The van der Waals surface area contributed by atoms with Gasteiger partial charge in [-0.15, -0.1) is 11.6 Å². The van der Waals surface area contributed by atoms with Crippen molar-refractivity contribution in [2.45, 2.75) is 24.9 Å². The molecule has 1 saturated heterocycles. The van der Waals surface area contributed by atoms with Crippen LogP contribution in [0.4, 0.5) is 0 Å². The summed E-state index contributed by atoms with van der Waals surface area (Å²) in [5, 5.41) is 0. The molecule has 0 radical (unpaired) electrons. The number of carbonyl (C=O) groups is 1. The van der Waals surface area contributed by atoms with Crippen LogP contribution >= 0.6 is 11.6 Å². The molecule has 0 N–H and O–H groups in total. The maximum atomic E-state index is 12.8. The van der Waals surface area contributed by atoms with E-state index in [9.17, 15) is 13.2 Å². The van der Waals surface area contributed by atoms with Crippen molar-refractivity contribution in [1.29, 1.82) is 0 Å². The number of alkyl halides is 1. The largest absolute Gasteiger partial charge is 0.323 e. The second-order valence-electron chi connectivity index (χ2n) is 5.31. The van der Waals surface area contributed by atoms with E-state index >= 15 is 0 Å². The minimum absolute atomic E-state index is 0.0156. The Morgan fingerprint density at radius 2 is 1.90 bits per heavy atom. The molecule has 0 aromatic heterocycles. The number of benzene rings is 1. The maximum Gasteiger partial charge on any atom is 0.244 e. The molecule has 1 heterocycles. The summed E-state index contributed by atoms with van der Waals surface area (Å²) in [6.45, 7) is 4.47. The van der Waals surface area contributed by atoms with E-state index in [1.54, 1.807) is 35.2 Å².